The first-order valence-corrected chi connectivity index (χ1v) is 5.11. The van der Waals surface area contributed by atoms with Crippen LogP contribution in [0.3, 0.4) is 0 Å². The van der Waals surface area contributed by atoms with E-state index in [2.05, 4.69) is 10.2 Å². The van der Waals surface area contributed by atoms with Gasteiger partial charge in [-0.1, -0.05) is 0 Å². The van der Waals surface area contributed by atoms with E-state index in [-0.39, 0.29) is 5.82 Å². The Morgan fingerprint density at radius 3 is 2.65 bits per heavy atom. The summed E-state index contributed by atoms with van der Waals surface area (Å²) >= 11 is 0. The standard InChI is InChI=1S/C12H11FN2O2/c1-7(12(16)17)10-6-14-15-11(10)8-2-4-9(13)5-3-8/h2-7H,1H3,(H,14,15)(H,16,17). The maximum atomic E-state index is 12.8. The van der Waals surface area contributed by atoms with Gasteiger partial charge in [0.2, 0.25) is 0 Å². The maximum Gasteiger partial charge on any atom is 0.310 e. The Labute approximate surface area is 97.1 Å². The number of carboxylic acids is 1. The van der Waals surface area contributed by atoms with E-state index < -0.39 is 11.9 Å². The van der Waals surface area contributed by atoms with Crippen molar-refractivity contribution in [2.45, 2.75) is 12.8 Å². The van der Waals surface area contributed by atoms with Crippen LogP contribution < -0.4 is 0 Å². The second-order valence-electron chi connectivity index (χ2n) is 3.77. The van der Waals surface area contributed by atoms with Gasteiger partial charge in [-0.25, -0.2) is 4.39 Å². The normalized spacial score (nSPS) is 12.4. The SMILES string of the molecule is CC(C(=O)O)c1cn[nH]c1-c1ccc(F)cc1. The van der Waals surface area contributed by atoms with Crippen molar-refractivity contribution in [1.82, 2.24) is 10.2 Å². The van der Waals surface area contributed by atoms with E-state index in [4.69, 9.17) is 5.11 Å². The molecule has 0 spiro atoms. The minimum Gasteiger partial charge on any atom is -0.481 e. The molecule has 0 bridgehead atoms. The van der Waals surface area contributed by atoms with Crippen molar-refractivity contribution in [3.8, 4) is 11.3 Å². The molecule has 0 saturated carbocycles. The highest BCUT2D eigenvalue weighted by molar-refractivity contribution is 5.79. The molecule has 17 heavy (non-hydrogen) atoms. The van der Waals surface area contributed by atoms with Gasteiger partial charge in [-0.15, -0.1) is 0 Å². The summed E-state index contributed by atoms with van der Waals surface area (Å²) < 4.78 is 12.8. The van der Waals surface area contributed by atoms with E-state index in [1.54, 1.807) is 19.1 Å². The van der Waals surface area contributed by atoms with Crippen molar-refractivity contribution in [3.05, 3.63) is 41.8 Å². The number of hydrogen-bond donors (Lipinski definition) is 2. The lowest BCUT2D eigenvalue weighted by atomic mass is 9.98. The van der Waals surface area contributed by atoms with E-state index in [0.717, 1.165) is 0 Å². The molecule has 0 amide bonds. The van der Waals surface area contributed by atoms with Gasteiger partial charge in [0.25, 0.3) is 0 Å². The fourth-order valence-corrected chi connectivity index (χ4v) is 1.60. The predicted octanol–water partition coefficient (Wildman–Crippen LogP) is 2.40. The van der Waals surface area contributed by atoms with Crippen molar-refractivity contribution >= 4 is 5.97 Å². The van der Waals surface area contributed by atoms with Crippen LogP contribution in [-0.4, -0.2) is 21.3 Å². The lowest BCUT2D eigenvalue weighted by Gasteiger charge is -2.07. The van der Waals surface area contributed by atoms with Crippen LogP contribution in [0.15, 0.2) is 30.5 Å². The van der Waals surface area contributed by atoms with Gasteiger partial charge in [-0.2, -0.15) is 5.10 Å². The number of carbonyl (C=O) groups is 1. The number of aromatic nitrogens is 2. The number of halogens is 1. The molecule has 1 atom stereocenters. The second-order valence-corrected chi connectivity index (χ2v) is 3.77. The number of aliphatic carboxylic acids is 1. The molecule has 1 aromatic carbocycles. The quantitative estimate of drug-likeness (QED) is 0.857. The molecular formula is C12H11FN2O2. The average molecular weight is 234 g/mol. The first-order valence-electron chi connectivity index (χ1n) is 5.11. The third kappa shape index (κ3) is 2.18. The van der Waals surface area contributed by atoms with Gasteiger partial charge in [0.05, 0.1) is 17.8 Å². The lowest BCUT2D eigenvalue weighted by Crippen LogP contribution is -2.07. The van der Waals surface area contributed by atoms with Crippen LogP contribution in [0.4, 0.5) is 4.39 Å². The fraction of sp³-hybridized carbons (Fsp3) is 0.167. The number of benzene rings is 1. The molecule has 88 valence electrons. The molecule has 0 radical (unpaired) electrons. The summed E-state index contributed by atoms with van der Waals surface area (Å²) in [4.78, 5) is 10.9. The Bertz CT molecular complexity index is 534. The van der Waals surface area contributed by atoms with Crippen LogP contribution in [0.5, 0.6) is 0 Å². The highest BCUT2D eigenvalue weighted by Crippen LogP contribution is 2.27. The van der Waals surface area contributed by atoms with Crippen LogP contribution in [0.2, 0.25) is 0 Å². The molecule has 2 aromatic rings. The van der Waals surface area contributed by atoms with E-state index in [1.807, 2.05) is 0 Å². The largest absolute Gasteiger partial charge is 0.481 e. The molecule has 5 heteroatoms. The summed E-state index contributed by atoms with van der Waals surface area (Å²) in [5.74, 6) is -1.91. The van der Waals surface area contributed by atoms with E-state index in [1.165, 1.54) is 18.3 Å². The van der Waals surface area contributed by atoms with Crippen LogP contribution in [0, 0.1) is 5.82 Å². The summed E-state index contributed by atoms with van der Waals surface area (Å²) in [6.07, 6.45) is 1.48. The molecule has 0 fully saturated rings. The van der Waals surface area contributed by atoms with Crippen molar-refractivity contribution in [1.29, 1.82) is 0 Å². The summed E-state index contributed by atoms with van der Waals surface area (Å²) in [6, 6.07) is 5.82. The van der Waals surface area contributed by atoms with Crippen LogP contribution >= 0.6 is 0 Å². The van der Waals surface area contributed by atoms with Gasteiger partial charge in [0.1, 0.15) is 5.82 Å². The first kappa shape index (κ1) is 11.3. The molecule has 0 saturated heterocycles. The Balaban J connectivity index is 2.43. The van der Waals surface area contributed by atoms with Crippen molar-refractivity contribution < 1.29 is 14.3 Å². The van der Waals surface area contributed by atoms with E-state index in [0.29, 0.717) is 16.8 Å². The zero-order chi connectivity index (χ0) is 12.4. The van der Waals surface area contributed by atoms with Crippen LogP contribution in [-0.2, 0) is 4.79 Å². The Morgan fingerprint density at radius 2 is 2.06 bits per heavy atom. The summed E-state index contributed by atoms with van der Waals surface area (Å²) in [5.41, 5.74) is 1.91. The number of carboxylic acid groups (broad SMARTS) is 1. The Morgan fingerprint density at radius 1 is 1.41 bits per heavy atom. The Hall–Kier alpha value is -2.17. The van der Waals surface area contributed by atoms with Gasteiger partial charge < -0.3 is 5.11 Å². The van der Waals surface area contributed by atoms with Crippen molar-refractivity contribution in [3.63, 3.8) is 0 Å². The summed E-state index contributed by atoms with van der Waals surface area (Å²) in [7, 11) is 0. The summed E-state index contributed by atoms with van der Waals surface area (Å²) in [6.45, 7) is 1.58. The molecular weight excluding hydrogens is 223 g/mol. The number of rotatable bonds is 3. The van der Waals surface area contributed by atoms with Gasteiger partial charge >= 0.3 is 5.97 Å². The third-order valence-corrected chi connectivity index (χ3v) is 2.64. The first-order chi connectivity index (χ1) is 8.09. The minimum atomic E-state index is -0.922. The highest BCUT2D eigenvalue weighted by Gasteiger charge is 2.19. The van der Waals surface area contributed by atoms with Crippen LogP contribution in [0.25, 0.3) is 11.3 Å². The van der Waals surface area contributed by atoms with Crippen molar-refractivity contribution in [2.24, 2.45) is 0 Å². The molecule has 0 aliphatic carbocycles. The van der Waals surface area contributed by atoms with Gasteiger partial charge in [0.15, 0.2) is 0 Å². The molecule has 2 rings (SSSR count). The Kier molecular flexibility index (Phi) is 2.91. The predicted molar refractivity (Wildman–Crippen MR) is 60.0 cm³/mol. The topological polar surface area (TPSA) is 66.0 Å². The van der Waals surface area contributed by atoms with Gasteiger partial charge in [0, 0.05) is 11.1 Å². The number of H-pyrrole nitrogens is 1. The molecule has 1 heterocycles. The fourth-order valence-electron chi connectivity index (χ4n) is 1.60. The number of nitrogens with zero attached hydrogens (tertiary/aromatic N) is 1. The zero-order valence-corrected chi connectivity index (χ0v) is 9.14. The molecule has 0 aliphatic heterocycles. The number of nitrogens with one attached hydrogen (secondary N) is 1. The molecule has 1 aromatic heterocycles. The monoisotopic (exact) mass is 234 g/mol. The van der Waals surface area contributed by atoms with Crippen molar-refractivity contribution in [2.75, 3.05) is 0 Å². The zero-order valence-electron chi connectivity index (χ0n) is 9.14. The van der Waals surface area contributed by atoms with Crippen LogP contribution in [0.1, 0.15) is 18.4 Å². The van der Waals surface area contributed by atoms with Gasteiger partial charge in [-0.3, -0.25) is 9.89 Å². The van der Waals surface area contributed by atoms with E-state index >= 15 is 0 Å². The molecule has 4 nitrogen and oxygen atoms in total. The van der Waals surface area contributed by atoms with Gasteiger partial charge in [-0.05, 0) is 31.2 Å². The minimum absolute atomic E-state index is 0.332. The second kappa shape index (κ2) is 4.37. The molecule has 0 aliphatic rings. The number of hydrogen-bond acceptors (Lipinski definition) is 2. The molecule has 2 N–H and O–H groups in total. The smallest absolute Gasteiger partial charge is 0.310 e. The third-order valence-electron chi connectivity index (χ3n) is 2.64. The molecule has 1 unspecified atom stereocenters. The maximum absolute atomic E-state index is 12.8. The average Bonchev–Trinajstić information content (AvgIpc) is 2.77. The van der Waals surface area contributed by atoms with E-state index in [9.17, 15) is 9.18 Å². The number of aromatic amines is 1. The lowest BCUT2D eigenvalue weighted by molar-refractivity contribution is -0.138. The summed E-state index contributed by atoms with van der Waals surface area (Å²) in [5, 5.41) is 15.6. The highest BCUT2D eigenvalue weighted by atomic mass is 19.1.